The summed E-state index contributed by atoms with van der Waals surface area (Å²) in [6, 6.07) is 3.91. The predicted octanol–water partition coefficient (Wildman–Crippen LogP) is 3.04. The van der Waals surface area contributed by atoms with Crippen LogP contribution in [0.15, 0.2) is 23.9 Å². The Morgan fingerprint density at radius 3 is 2.59 bits per heavy atom. The molecule has 32 heavy (non-hydrogen) atoms. The first-order valence-electron chi connectivity index (χ1n) is 11.6. The number of piperidine rings is 2. The van der Waals surface area contributed by atoms with Crippen molar-refractivity contribution in [2.24, 2.45) is 5.41 Å². The number of carbonyl (C=O) groups is 1. The van der Waals surface area contributed by atoms with Crippen molar-refractivity contribution in [2.75, 3.05) is 46.4 Å². The van der Waals surface area contributed by atoms with E-state index in [0.717, 1.165) is 68.0 Å². The number of likely N-dealkylation sites (tertiary alicyclic amines) is 2. The molecule has 1 spiro atoms. The van der Waals surface area contributed by atoms with Crippen LogP contribution >= 0.6 is 0 Å². The van der Waals surface area contributed by atoms with E-state index in [9.17, 15) is 9.90 Å². The molecule has 3 heterocycles. The van der Waals surface area contributed by atoms with Crippen molar-refractivity contribution in [3.8, 4) is 12.3 Å². The van der Waals surface area contributed by atoms with E-state index in [1.54, 1.807) is 13.2 Å². The first-order chi connectivity index (χ1) is 15.5. The fourth-order valence-corrected chi connectivity index (χ4v) is 5.56. The van der Waals surface area contributed by atoms with Crippen LogP contribution in [0.5, 0.6) is 0 Å². The van der Waals surface area contributed by atoms with Gasteiger partial charge in [0.15, 0.2) is 0 Å². The van der Waals surface area contributed by atoms with Gasteiger partial charge >= 0.3 is 5.97 Å². The lowest BCUT2D eigenvalue weighted by Gasteiger charge is -2.48. The zero-order chi connectivity index (χ0) is 22.7. The summed E-state index contributed by atoms with van der Waals surface area (Å²) >= 11 is 0. The number of rotatable bonds is 6. The fourth-order valence-electron chi connectivity index (χ4n) is 5.56. The van der Waals surface area contributed by atoms with Crippen LogP contribution in [-0.4, -0.2) is 67.3 Å². The lowest BCUT2D eigenvalue weighted by atomic mass is 9.71. The molecule has 2 saturated heterocycles. The molecular weight excluding hydrogens is 404 g/mol. The molecule has 0 bridgehead atoms. The Morgan fingerprint density at radius 1 is 1.28 bits per heavy atom. The topological polar surface area (TPSA) is 62.2 Å². The second kappa shape index (κ2) is 9.66. The highest BCUT2D eigenvalue weighted by Crippen LogP contribution is 2.42. The van der Waals surface area contributed by atoms with Gasteiger partial charge in [0.2, 0.25) is 0 Å². The molecule has 1 aromatic carbocycles. The quantitative estimate of drug-likeness (QED) is 0.544. The number of nitrogens with zero attached hydrogens (tertiary/aromatic N) is 2. The number of hydrogen-bond donors (Lipinski definition) is 1. The van der Waals surface area contributed by atoms with Gasteiger partial charge in [0.1, 0.15) is 6.61 Å². The smallest absolute Gasteiger partial charge is 0.338 e. The van der Waals surface area contributed by atoms with Crippen molar-refractivity contribution >= 4 is 5.97 Å². The first kappa shape index (κ1) is 22.8. The molecule has 0 unspecified atom stereocenters. The molecule has 0 amide bonds. The Kier molecular flexibility index (Phi) is 6.90. The van der Waals surface area contributed by atoms with Gasteiger partial charge in [-0.1, -0.05) is 12.0 Å². The first-order valence-corrected chi connectivity index (χ1v) is 11.6. The predicted molar refractivity (Wildman–Crippen MR) is 123 cm³/mol. The Bertz CT molecular complexity index is 914. The third kappa shape index (κ3) is 4.43. The van der Waals surface area contributed by atoms with Gasteiger partial charge in [-0.05, 0) is 68.3 Å². The Balaban J connectivity index is 1.35. The van der Waals surface area contributed by atoms with Gasteiger partial charge in [0.25, 0.3) is 0 Å². The number of esters is 1. The zero-order valence-corrected chi connectivity index (χ0v) is 19.2. The average Bonchev–Trinajstić information content (AvgIpc) is 3.20. The maximum atomic E-state index is 11.9. The summed E-state index contributed by atoms with van der Waals surface area (Å²) in [5.74, 6) is 2.32. The molecule has 1 N–H and O–H groups in total. The monoisotopic (exact) mass is 438 g/mol. The molecule has 2 fully saturated rings. The molecular formula is C26H34N2O4. The molecule has 6 nitrogen and oxygen atoms in total. The highest BCUT2D eigenvalue weighted by Gasteiger charge is 2.38. The van der Waals surface area contributed by atoms with Crippen LogP contribution in [0.1, 0.15) is 58.8 Å². The molecule has 4 rings (SSSR count). The van der Waals surface area contributed by atoms with E-state index in [2.05, 4.69) is 22.6 Å². The number of cyclic esters (lactones) is 1. The van der Waals surface area contributed by atoms with Crippen LogP contribution in [0.4, 0.5) is 0 Å². The number of terminal acetylenes is 1. The summed E-state index contributed by atoms with van der Waals surface area (Å²) in [6.45, 7) is 7.35. The number of methoxy groups -OCH3 is 1. The van der Waals surface area contributed by atoms with E-state index >= 15 is 0 Å². The van der Waals surface area contributed by atoms with E-state index < -0.39 is 0 Å². The highest BCUT2D eigenvalue weighted by atomic mass is 16.5. The van der Waals surface area contributed by atoms with Crippen LogP contribution in [-0.2, 0) is 16.1 Å². The molecule has 1 atom stereocenters. The van der Waals surface area contributed by atoms with Crippen molar-refractivity contribution in [3.63, 3.8) is 0 Å². The molecule has 3 aliphatic rings. The maximum absolute atomic E-state index is 11.9. The normalized spacial score (nSPS) is 21.9. The highest BCUT2D eigenvalue weighted by molar-refractivity contribution is 5.93. The van der Waals surface area contributed by atoms with Crippen LogP contribution in [0.3, 0.4) is 0 Å². The summed E-state index contributed by atoms with van der Waals surface area (Å²) in [5.41, 5.74) is 5.21. The van der Waals surface area contributed by atoms with E-state index in [1.165, 1.54) is 12.8 Å². The summed E-state index contributed by atoms with van der Waals surface area (Å²) in [4.78, 5) is 16.6. The molecule has 0 saturated carbocycles. The van der Waals surface area contributed by atoms with Gasteiger partial charge in [-0.15, -0.1) is 6.42 Å². The molecule has 172 valence electrons. The van der Waals surface area contributed by atoms with Crippen molar-refractivity contribution in [2.45, 2.75) is 45.3 Å². The minimum absolute atomic E-state index is 0.00573. The van der Waals surface area contributed by atoms with Gasteiger partial charge in [0, 0.05) is 44.1 Å². The third-order valence-corrected chi connectivity index (χ3v) is 7.82. The number of aliphatic hydroxyl groups excluding tert-OH is 1. The molecule has 0 aromatic heterocycles. The number of allylic oxidation sites excluding steroid dienone is 1. The standard InChI is InChI=1S/C26H34N2O4/c1-4-5-20(17-29)28-14-10-26(11-15-28)8-12-27(13-9-26)16-24(31-3)21-6-7-22-23(19(21)2)18-32-25(22)30/h1,5-7,24,29H,8-18H2,2-3H3/b20-5+/t24-/m1/s1. The summed E-state index contributed by atoms with van der Waals surface area (Å²) in [6.07, 6.45) is 11.7. The van der Waals surface area contributed by atoms with Crippen molar-refractivity contribution in [1.29, 1.82) is 0 Å². The van der Waals surface area contributed by atoms with Crippen molar-refractivity contribution in [1.82, 2.24) is 9.80 Å². The second-order valence-electron chi connectivity index (χ2n) is 9.35. The van der Waals surface area contributed by atoms with Crippen LogP contribution in [0.2, 0.25) is 0 Å². The summed E-state index contributed by atoms with van der Waals surface area (Å²) in [7, 11) is 1.77. The van der Waals surface area contributed by atoms with Gasteiger partial charge in [-0.2, -0.15) is 0 Å². The van der Waals surface area contributed by atoms with Crippen LogP contribution < -0.4 is 0 Å². The average molecular weight is 439 g/mol. The molecule has 0 aliphatic carbocycles. The number of carbonyl (C=O) groups excluding carboxylic acids is 1. The van der Waals surface area contributed by atoms with Gasteiger partial charge < -0.3 is 24.4 Å². The van der Waals surface area contributed by atoms with Gasteiger partial charge in [-0.3, -0.25) is 0 Å². The van der Waals surface area contributed by atoms with Crippen LogP contribution in [0.25, 0.3) is 0 Å². The fraction of sp³-hybridized carbons (Fsp3) is 0.577. The summed E-state index contributed by atoms with van der Waals surface area (Å²) < 4.78 is 11.1. The van der Waals surface area contributed by atoms with E-state index in [1.807, 2.05) is 12.1 Å². The van der Waals surface area contributed by atoms with Gasteiger partial charge in [-0.25, -0.2) is 4.79 Å². The largest absolute Gasteiger partial charge is 0.457 e. The lowest BCUT2D eigenvalue weighted by Crippen LogP contribution is -2.47. The van der Waals surface area contributed by atoms with E-state index in [0.29, 0.717) is 17.6 Å². The van der Waals surface area contributed by atoms with E-state index in [4.69, 9.17) is 15.9 Å². The number of aliphatic hydroxyl groups is 1. The zero-order valence-electron chi connectivity index (χ0n) is 19.2. The maximum Gasteiger partial charge on any atom is 0.338 e. The molecule has 0 radical (unpaired) electrons. The van der Waals surface area contributed by atoms with Crippen LogP contribution in [0, 0.1) is 24.7 Å². The van der Waals surface area contributed by atoms with E-state index in [-0.39, 0.29) is 18.7 Å². The third-order valence-electron chi connectivity index (χ3n) is 7.82. The number of hydrogen-bond acceptors (Lipinski definition) is 6. The molecule has 6 heteroatoms. The minimum Gasteiger partial charge on any atom is -0.457 e. The number of benzene rings is 1. The SMILES string of the molecule is C#C/C=C(\CO)N1CCC2(CCN(C[C@@H](OC)c3ccc4c(c3C)COC4=O)CC2)CC1. The molecule has 3 aliphatic heterocycles. The Hall–Kier alpha value is -2.33. The van der Waals surface area contributed by atoms with Gasteiger partial charge in [0.05, 0.1) is 18.3 Å². The summed E-state index contributed by atoms with van der Waals surface area (Å²) in [5, 5.41) is 9.58. The second-order valence-corrected chi connectivity index (χ2v) is 9.35. The Morgan fingerprint density at radius 2 is 1.97 bits per heavy atom. The lowest BCUT2D eigenvalue weighted by molar-refractivity contribution is 0.0102. The Labute approximate surface area is 191 Å². The number of ether oxygens (including phenoxy) is 2. The minimum atomic E-state index is -0.225. The van der Waals surface area contributed by atoms with Crippen molar-refractivity contribution in [3.05, 3.63) is 46.2 Å². The molecule has 1 aromatic rings. The van der Waals surface area contributed by atoms with Crippen molar-refractivity contribution < 1.29 is 19.4 Å². The number of fused-ring (bicyclic) bond motifs is 1.